The number of carbonyl (C=O) groups is 1. The van der Waals surface area contributed by atoms with Crippen LogP contribution in [0.5, 0.6) is 0 Å². The summed E-state index contributed by atoms with van der Waals surface area (Å²) >= 11 is 0. The fourth-order valence-electron chi connectivity index (χ4n) is 1.96. The summed E-state index contributed by atoms with van der Waals surface area (Å²) in [4.78, 5) is 13.7. The highest BCUT2D eigenvalue weighted by Gasteiger charge is 2.31. The van der Waals surface area contributed by atoms with Crippen LogP contribution in [0.4, 0.5) is 0 Å². The van der Waals surface area contributed by atoms with Crippen molar-refractivity contribution in [1.82, 2.24) is 10.2 Å². The van der Waals surface area contributed by atoms with Crippen LogP contribution in [0.15, 0.2) is 0 Å². The van der Waals surface area contributed by atoms with Gasteiger partial charge in [-0.1, -0.05) is 20.8 Å². The molecule has 0 saturated carbocycles. The molecule has 1 saturated heterocycles. The summed E-state index contributed by atoms with van der Waals surface area (Å²) in [5, 5.41) is 12.4. The number of rotatable bonds is 2. The molecule has 15 heavy (non-hydrogen) atoms. The van der Waals surface area contributed by atoms with E-state index < -0.39 is 0 Å². The number of aliphatic hydroxyl groups excluding tert-OH is 1. The quantitative estimate of drug-likeness (QED) is 0.691. The van der Waals surface area contributed by atoms with E-state index >= 15 is 0 Å². The molecule has 1 heterocycles. The van der Waals surface area contributed by atoms with E-state index in [-0.39, 0.29) is 23.5 Å². The Balaban J connectivity index is 2.46. The average Bonchev–Trinajstić information content (AvgIpc) is 2.47. The highest BCUT2D eigenvalue weighted by Crippen LogP contribution is 2.16. The fourth-order valence-corrected chi connectivity index (χ4v) is 1.96. The zero-order valence-electron chi connectivity index (χ0n) is 10.1. The first-order valence-electron chi connectivity index (χ1n) is 5.46. The van der Waals surface area contributed by atoms with Gasteiger partial charge in [-0.05, 0) is 11.8 Å². The molecule has 1 amide bonds. The van der Waals surface area contributed by atoms with E-state index in [4.69, 9.17) is 0 Å². The Morgan fingerprint density at radius 1 is 1.53 bits per heavy atom. The number of nitrogens with zero attached hydrogens (tertiary/aromatic N) is 1. The number of hydrogen-bond acceptors (Lipinski definition) is 3. The Hall–Kier alpha value is -0.610. The lowest BCUT2D eigenvalue weighted by Gasteiger charge is -2.28. The highest BCUT2D eigenvalue weighted by molar-refractivity contribution is 5.82. The lowest BCUT2D eigenvalue weighted by molar-refractivity contribution is -0.133. The van der Waals surface area contributed by atoms with Gasteiger partial charge in [0.05, 0.1) is 12.1 Å². The van der Waals surface area contributed by atoms with Crippen molar-refractivity contribution in [3.63, 3.8) is 0 Å². The standard InChI is InChI=1S/C11H22N2O2/c1-11(2,3)7-13(4)10(15)9-5-8(14)6-12-9/h8-9,12,14H,5-7H2,1-4H3. The summed E-state index contributed by atoms with van der Waals surface area (Å²) in [7, 11) is 1.82. The van der Waals surface area contributed by atoms with Crippen molar-refractivity contribution in [3.8, 4) is 0 Å². The number of β-amino-alcohol motifs (C(OH)–C–C–N with tert-alkyl or cyclic N) is 1. The Labute approximate surface area is 91.6 Å². The molecule has 0 aliphatic carbocycles. The molecule has 2 unspecified atom stereocenters. The topological polar surface area (TPSA) is 52.6 Å². The predicted molar refractivity (Wildman–Crippen MR) is 59.5 cm³/mol. The normalized spacial score (nSPS) is 26.7. The van der Waals surface area contributed by atoms with Crippen molar-refractivity contribution in [1.29, 1.82) is 0 Å². The number of amides is 1. The molecule has 0 radical (unpaired) electrons. The summed E-state index contributed by atoms with van der Waals surface area (Å²) < 4.78 is 0. The number of hydrogen-bond donors (Lipinski definition) is 2. The molecule has 0 bridgehead atoms. The SMILES string of the molecule is CN(CC(C)(C)C)C(=O)C1CC(O)CN1. The first-order chi connectivity index (χ1) is 6.79. The Bertz CT molecular complexity index is 235. The third-order valence-electron chi connectivity index (χ3n) is 2.49. The lowest BCUT2D eigenvalue weighted by atomic mass is 9.96. The molecule has 0 spiro atoms. The maximum Gasteiger partial charge on any atom is 0.239 e. The van der Waals surface area contributed by atoms with Crippen LogP contribution in [0.2, 0.25) is 0 Å². The molecular weight excluding hydrogens is 192 g/mol. The molecule has 1 aliphatic heterocycles. The van der Waals surface area contributed by atoms with Gasteiger partial charge in [0.1, 0.15) is 0 Å². The number of carbonyl (C=O) groups excluding carboxylic acids is 1. The van der Waals surface area contributed by atoms with Crippen molar-refractivity contribution < 1.29 is 9.90 Å². The van der Waals surface area contributed by atoms with Gasteiger partial charge in [0.15, 0.2) is 0 Å². The largest absolute Gasteiger partial charge is 0.392 e. The minimum absolute atomic E-state index is 0.0847. The van der Waals surface area contributed by atoms with Gasteiger partial charge >= 0.3 is 0 Å². The molecule has 4 heteroatoms. The van der Waals surface area contributed by atoms with Gasteiger partial charge in [0.2, 0.25) is 5.91 Å². The molecular formula is C11H22N2O2. The number of aliphatic hydroxyl groups is 1. The molecule has 1 fully saturated rings. The second-order valence-corrected chi connectivity index (χ2v) is 5.61. The molecule has 0 aromatic heterocycles. The second-order valence-electron chi connectivity index (χ2n) is 5.61. The highest BCUT2D eigenvalue weighted by atomic mass is 16.3. The van der Waals surface area contributed by atoms with E-state index in [9.17, 15) is 9.90 Å². The van der Waals surface area contributed by atoms with Gasteiger partial charge in [0, 0.05) is 20.1 Å². The summed E-state index contributed by atoms with van der Waals surface area (Å²) in [5.41, 5.74) is 0.113. The monoisotopic (exact) mass is 214 g/mol. The zero-order valence-corrected chi connectivity index (χ0v) is 10.1. The van der Waals surface area contributed by atoms with Crippen LogP contribution in [0, 0.1) is 5.41 Å². The van der Waals surface area contributed by atoms with Crippen molar-refractivity contribution in [2.75, 3.05) is 20.1 Å². The van der Waals surface area contributed by atoms with Crippen molar-refractivity contribution in [2.24, 2.45) is 5.41 Å². The van der Waals surface area contributed by atoms with Crippen LogP contribution in [-0.4, -0.2) is 48.2 Å². The van der Waals surface area contributed by atoms with Crippen LogP contribution in [0.3, 0.4) is 0 Å². The van der Waals surface area contributed by atoms with Crippen LogP contribution >= 0.6 is 0 Å². The van der Waals surface area contributed by atoms with E-state index in [1.54, 1.807) is 4.90 Å². The smallest absolute Gasteiger partial charge is 0.239 e. The summed E-state index contributed by atoms with van der Waals surface area (Å²) in [6.45, 7) is 7.58. The van der Waals surface area contributed by atoms with Crippen molar-refractivity contribution in [2.45, 2.75) is 39.3 Å². The molecule has 2 atom stereocenters. The Morgan fingerprint density at radius 2 is 2.13 bits per heavy atom. The predicted octanol–water partition coefficient (Wildman–Crippen LogP) is 0.214. The number of likely N-dealkylation sites (N-methyl/N-ethyl adjacent to an activating group) is 1. The van der Waals surface area contributed by atoms with Gasteiger partial charge in [-0.25, -0.2) is 0 Å². The second kappa shape index (κ2) is 4.49. The third-order valence-corrected chi connectivity index (χ3v) is 2.49. The fraction of sp³-hybridized carbons (Fsp3) is 0.909. The van der Waals surface area contributed by atoms with Crippen LogP contribution in [0.25, 0.3) is 0 Å². The lowest BCUT2D eigenvalue weighted by Crippen LogP contribution is -2.44. The zero-order chi connectivity index (χ0) is 11.6. The average molecular weight is 214 g/mol. The molecule has 4 nitrogen and oxygen atoms in total. The van der Waals surface area contributed by atoms with E-state index in [1.165, 1.54) is 0 Å². The summed E-state index contributed by atoms with van der Waals surface area (Å²) in [6.07, 6.45) is 0.162. The van der Waals surface area contributed by atoms with Crippen LogP contribution < -0.4 is 5.32 Å². The minimum Gasteiger partial charge on any atom is -0.392 e. The van der Waals surface area contributed by atoms with E-state index in [1.807, 2.05) is 7.05 Å². The van der Waals surface area contributed by atoms with E-state index in [0.717, 1.165) is 6.54 Å². The first-order valence-corrected chi connectivity index (χ1v) is 5.46. The number of nitrogens with one attached hydrogen (secondary N) is 1. The molecule has 1 rings (SSSR count). The maximum atomic E-state index is 11.9. The van der Waals surface area contributed by atoms with Crippen molar-refractivity contribution in [3.05, 3.63) is 0 Å². The van der Waals surface area contributed by atoms with Crippen LogP contribution in [0.1, 0.15) is 27.2 Å². The maximum absolute atomic E-state index is 11.9. The molecule has 0 aromatic rings. The van der Waals surface area contributed by atoms with Crippen molar-refractivity contribution >= 4 is 5.91 Å². The van der Waals surface area contributed by atoms with Crippen LogP contribution in [-0.2, 0) is 4.79 Å². The molecule has 88 valence electrons. The summed E-state index contributed by atoms with van der Waals surface area (Å²) in [5.74, 6) is 0.0847. The minimum atomic E-state index is -0.373. The van der Waals surface area contributed by atoms with Gasteiger partial charge < -0.3 is 15.3 Å². The third kappa shape index (κ3) is 3.80. The van der Waals surface area contributed by atoms with Gasteiger partial charge in [-0.3, -0.25) is 4.79 Å². The van der Waals surface area contributed by atoms with Gasteiger partial charge in [-0.2, -0.15) is 0 Å². The van der Waals surface area contributed by atoms with E-state index in [0.29, 0.717) is 13.0 Å². The Kier molecular flexibility index (Phi) is 3.73. The first kappa shape index (κ1) is 12.5. The molecule has 0 aromatic carbocycles. The summed E-state index contributed by atoms with van der Waals surface area (Å²) in [6, 6.07) is -0.202. The van der Waals surface area contributed by atoms with Gasteiger partial charge in [0.25, 0.3) is 0 Å². The molecule has 2 N–H and O–H groups in total. The Morgan fingerprint density at radius 3 is 2.53 bits per heavy atom. The van der Waals surface area contributed by atoms with Gasteiger partial charge in [-0.15, -0.1) is 0 Å². The van der Waals surface area contributed by atoms with E-state index in [2.05, 4.69) is 26.1 Å². The molecule has 1 aliphatic rings.